The van der Waals surface area contributed by atoms with Gasteiger partial charge in [-0.15, -0.1) is 0 Å². The Morgan fingerprint density at radius 2 is 1.96 bits per heavy atom. The zero-order valence-electron chi connectivity index (χ0n) is 13.8. The molecular weight excluding hydrogens is 384 g/mol. The summed E-state index contributed by atoms with van der Waals surface area (Å²) in [6.07, 6.45) is 0.387. The molecule has 0 radical (unpaired) electrons. The van der Waals surface area contributed by atoms with Crippen molar-refractivity contribution in [2.75, 3.05) is 12.4 Å². The molecule has 3 rings (SSSR count). The lowest BCUT2D eigenvalue weighted by molar-refractivity contribution is -0.122. The number of carbonyl (C=O) groups is 2. The zero-order valence-corrected chi connectivity index (χ0v) is 15.4. The van der Waals surface area contributed by atoms with Gasteiger partial charge in [-0.1, -0.05) is 40.2 Å². The van der Waals surface area contributed by atoms with Crippen molar-refractivity contribution in [2.45, 2.75) is 18.9 Å². The van der Waals surface area contributed by atoms with E-state index in [1.54, 1.807) is 12.1 Å². The molecule has 1 saturated carbocycles. The van der Waals surface area contributed by atoms with E-state index in [4.69, 9.17) is 0 Å². The van der Waals surface area contributed by atoms with Gasteiger partial charge in [0.05, 0.1) is 7.11 Å². The van der Waals surface area contributed by atoms with Crippen LogP contribution >= 0.6 is 15.9 Å². The lowest BCUT2D eigenvalue weighted by Gasteiger charge is -2.07. The van der Waals surface area contributed by atoms with E-state index in [0.717, 1.165) is 16.5 Å². The van der Waals surface area contributed by atoms with Crippen LogP contribution in [0.3, 0.4) is 0 Å². The topological polar surface area (TPSA) is 67.4 Å². The van der Waals surface area contributed by atoms with E-state index in [1.807, 2.05) is 24.3 Å². The Balaban J connectivity index is 1.49. The molecule has 130 valence electrons. The van der Waals surface area contributed by atoms with Gasteiger partial charge in [0.1, 0.15) is 0 Å². The van der Waals surface area contributed by atoms with E-state index < -0.39 is 6.09 Å². The van der Waals surface area contributed by atoms with Crippen molar-refractivity contribution in [3.63, 3.8) is 0 Å². The zero-order chi connectivity index (χ0) is 17.8. The first-order valence-electron chi connectivity index (χ1n) is 8.04. The average molecular weight is 403 g/mol. The van der Waals surface area contributed by atoms with Gasteiger partial charge >= 0.3 is 6.09 Å². The summed E-state index contributed by atoms with van der Waals surface area (Å²) in [6.45, 7) is 0.471. The molecule has 1 fully saturated rings. The van der Waals surface area contributed by atoms with Gasteiger partial charge in [-0.2, -0.15) is 0 Å². The highest BCUT2D eigenvalue weighted by Crippen LogP contribution is 2.47. The highest BCUT2D eigenvalue weighted by molar-refractivity contribution is 9.10. The maximum Gasteiger partial charge on any atom is 0.411 e. The summed E-state index contributed by atoms with van der Waals surface area (Å²) >= 11 is 3.47. The number of nitrogens with one attached hydrogen (secondary N) is 2. The van der Waals surface area contributed by atoms with Crippen molar-refractivity contribution in [1.82, 2.24) is 5.32 Å². The third-order valence-electron chi connectivity index (χ3n) is 4.26. The van der Waals surface area contributed by atoms with Crippen molar-refractivity contribution < 1.29 is 14.3 Å². The molecule has 5 nitrogen and oxygen atoms in total. The normalized spacial score (nSPS) is 18.3. The fourth-order valence-electron chi connectivity index (χ4n) is 2.79. The van der Waals surface area contributed by atoms with E-state index in [-0.39, 0.29) is 11.8 Å². The van der Waals surface area contributed by atoms with E-state index in [1.165, 1.54) is 12.7 Å². The second-order valence-corrected chi connectivity index (χ2v) is 6.95. The maximum absolute atomic E-state index is 12.3. The number of hydrogen-bond acceptors (Lipinski definition) is 3. The molecule has 0 spiro atoms. The molecule has 2 atom stereocenters. The van der Waals surface area contributed by atoms with E-state index >= 15 is 0 Å². The largest absolute Gasteiger partial charge is 0.453 e. The Morgan fingerprint density at radius 3 is 2.64 bits per heavy atom. The third kappa shape index (κ3) is 4.60. The van der Waals surface area contributed by atoms with E-state index in [9.17, 15) is 9.59 Å². The molecule has 1 aliphatic carbocycles. The smallest absolute Gasteiger partial charge is 0.411 e. The van der Waals surface area contributed by atoms with Gasteiger partial charge in [-0.05, 0) is 47.7 Å². The second-order valence-electron chi connectivity index (χ2n) is 6.04. The third-order valence-corrected chi connectivity index (χ3v) is 4.75. The number of benzene rings is 2. The minimum atomic E-state index is -0.506. The fraction of sp³-hybridized carbons (Fsp3) is 0.263. The van der Waals surface area contributed by atoms with Crippen molar-refractivity contribution >= 4 is 33.6 Å². The Kier molecular flexibility index (Phi) is 5.38. The first-order valence-corrected chi connectivity index (χ1v) is 8.83. The molecule has 6 heteroatoms. The molecular formula is C19H19BrN2O3. The molecule has 25 heavy (non-hydrogen) atoms. The summed E-state index contributed by atoms with van der Waals surface area (Å²) in [5.41, 5.74) is 2.83. The first kappa shape index (κ1) is 17.5. The highest BCUT2D eigenvalue weighted by atomic mass is 79.9. The van der Waals surface area contributed by atoms with Crippen LogP contribution in [0.25, 0.3) is 0 Å². The highest BCUT2D eigenvalue weighted by Gasteiger charge is 2.43. The van der Waals surface area contributed by atoms with Gasteiger partial charge in [0.25, 0.3) is 0 Å². The molecule has 0 heterocycles. The van der Waals surface area contributed by atoms with Crippen molar-refractivity contribution in [3.05, 3.63) is 64.1 Å². The quantitative estimate of drug-likeness (QED) is 0.792. The summed E-state index contributed by atoms with van der Waals surface area (Å²) in [5, 5.41) is 5.57. The van der Waals surface area contributed by atoms with Crippen LogP contribution in [0.4, 0.5) is 10.5 Å². The molecule has 2 N–H and O–H groups in total. The van der Waals surface area contributed by atoms with Gasteiger partial charge in [0.15, 0.2) is 0 Å². The molecule has 0 saturated heterocycles. The average Bonchev–Trinajstić information content (AvgIpc) is 3.41. The predicted molar refractivity (Wildman–Crippen MR) is 99.3 cm³/mol. The van der Waals surface area contributed by atoms with Crippen LogP contribution in [0, 0.1) is 5.92 Å². The van der Waals surface area contributed by atoms with Crippen LogP contribution in [0.5, 0.6) is 0 Å². The Morgan fingerprint density at radius 1 is 1.20 bits per heavy atom. The van der Waals surface area contributed by atoms with Crippen molar-refractivity contribution in [1.29, 1.82) is 0 Å². The minimum absolute atomic E-state index is 0.0505. The maximum atomic E-state index is 12.3. The number of halogens is 1. The van der Waals surface area contributed by atoms with E-state index in [0.29, 0.717) is 18.2 Å². The van der Waals surface area contributed by atoms with Crippen LogP contribution in [-0.4, -0.2) is 19.1 Å². The van der Waals surface area contributed by atoms with E-state index in [2.05, 4.69) is 43.4 Å². The monoisotopic (exact) mass is 402 g/mol. The number of amides is 2. The molecule has 0 bridgehead atoms. The Labute approximate surface area is 154 Å². The standard InChI is InChI=1S/C19H19BrN2O3/c1-25-19(24)22-15-7-5-12(6-8-15)11-21-18(23)17-10-16(17)13-3-2-4-14(20)9-13/h2-9,16-17H,10-11H2,1H3,(H,21,23)(H,22,24). The van der Waals surface area contributed by atoms with Gasteiger partial charge in [0, 0.05) is 22.6 Å². The van der Waals surface area contributed by atoms with Crippen LogP contribution in [0.2, 0.25) is 0 Å². The number of methoxy groups -OCH3 is 1. The summed E-state index contributed by atoms with van der Waals surface area (Å²) in [4.78, 5) is 23.4. The molecule has 2 aromatic carbocycles. The fourth-order valence-corrected chi connectivity index (χ4v) is 3.20. The summed E-state index contributed by atoms with van der Waals surface area (Å²) in [5.74, 6) is 0.445. The number of rotatable bonds is 5. The first-order chi connectivity index (χ1) is 12.1. The van der Waals surface area contributed by atoms with Crippen molar-refractivity contribution in [3.8, 4) is 0 Å². The molecule has 0 aromatic heterocycles. The minimum Gasteiger partial charge on any atom is -0.453 e. The summed E-state index contributed by atoms with van der Waals surface area (Å²) < 4.78 is 5.58. The van der Waals surface area contributed by atoms with Crippen LogP contribution in [-0.2, 0) is 16.1 Å². The Hall–Kier alpha value is -2.34. The van der Waals surface area contributed by atoms with Gasteiger partial charge in [-0.25, -0.2) is 4.79 Å². The molecule has 2 amide bonds. The van der Waals surface area contributed by atoms with Gasteiger partial charge in [-0.3, -0.25) is 10.1 Å². The molecule has 1 aliphatic rings. The number of anilines is 1. The van der Waals surface area contributed by atoms with Crippen LogP contribution < -0.4 is 10.6 Å². The van der Waals surface area contributed by atoms with Gasteiger partial charge < -0.3 is 10.1 Å². The number of hydrogen-bond donors (Lipinski definition) is 2. The van der Waals surface area contributed by atoms with Gasteiger partial charge in [0.2, 0.25) is 5.91 Å². The van der Waals surface area contributed by atoms with Crippen LogP contribution in [0.1, 0.15) is 23.5 Å². The lowest BCUT2D eigenvalue weighted by atomic mass is 10.1. The molecule has 2 aromatic rings. The SMILES string of the molecule is COC(=O)Nc1ccc(CNC(=O)C2CC2c2cccc(Br)c2)cc1. The van der Waals surface area contributed by atoms with Crippen molar-refractivity contribution in [2.24, 2.45) is 5.92 Å². The Bertz CT molecular complexity index is 776. The number of carbonyl (C=O) groups excluding carboxylic acids is 2. The number of ether oxygens (including phenoxy) is 1. The summed E-state index contributed by atoms with van der Waals surface area (Å²) in [7, 11) is 1.32. The second kappa shape index (κ2) is 7.70. The molecule has 0 aliphatic heterocycles. The summed E-state index contributed by atoms with van der Waals surface area (Å²) in [6, 6.07) is 15.4. The lowest BCUT2D eigenvalue weighted by Crippen LogP contribution is -2.24. The molecule has 2 unspecified atom stereocenters. The van der Waals surface area contributed by atoms with Crippen LogP contribution in [0.15, 0.2) is 53.0 Å². The predicted octanol–water partition coefficient (Wildman–Crippen LogP) is 4.05.